The molecule has 0 atom stereocenters. The number of hydrogen-bond donors (Lipinski definition) is 1. The van der Waals surface area contributed by atoms with E-state index < -0.39 is 10.5 Å². The van der Waals surface area contributed by atoms with Crippen LogP contribution >= 0.6 is 11.6 Å². The van der Waals surface area contributed by atoms with Crippen LogP contribution in [0.4, 0.5) is 5.82 Å². The van der Waals surface area contributed by atoms with Crippen LogP contribution in [-0.4, -0.2) is 24.7 Å². The number of nitrogens with zero attached hydrogens (tertiary/aromatic N) is 4. The highest BCUT2D eigenvalue weighted by atomic mass is 35.5. The second-order valence-corrected chi connectivity index (χ2v) is 3.12. The molecule has 2 aromatic rings. The molecule has 0 unspecified atom stereocenters. The first-order valence-electron chi connectivity index (χ1n) is 4.03. The van der Waals surface area contributed by atoms with Crippen molar-refractivity contribution in [2.24, 2.45) is 0 Å². The van der Waals surface area contributed by atoms with Gasteiger partial charge in [-0.2, -0.15) is 0 Å². The summed E-state index contributed by atoms with van der Waals surface area (Å²) in [5.41, 5.74) is -0.537. The second-order valence-electron chi connectivity index (χ2n) is 2.74. The molecule has 0 aliphatic carbocycles. The summed E-state index contributed by atoms with van der Waals surface area (Å²) in [5, 5.41) is 13.8. The van der Waals surface area contributed by atoms with Gasteiger partial charge in [0.25, 0.3) is 5.56 Å². The number of nitrogens with one attached hydrogen (secondary N) is 1. The SMILES string of the molecule is O=c1[nH]cnc(-n2ccc([N+](=O)[O-])n2)c1Cl. The smallest absolute Gasteiger partial charge is 0.358 e. The lowest BCUT2D eigenvalue weighted by Gasteiger charge is -1.96. The average Bonchev–Trinajstić information content (AvgIpc) is 2.71. The lowest BCUT2D eigenvalue weighted by atomic mass is 10.5. The largest absolute Gasteiger partial charge is 0.390 e. The van der Waals surface area contributed by atoms with Crippen LogP contribution < -0.4 is 5.56 Å². The predicted octanol–water partition coefficient (Wildman–Crippen LogP) is 0.517. The molecule has 1 N–H and O–H groups in total. The first-order valence-corrected chi connectivity index (χ1v) is 4.41. The van der Waals surface area contributed by atoms with E-state index >= 15 is 0 Å². The van der Waals surface area contributed by atoms with Crippen LogP contribution in [0.1, 0.15) is 0 Å². The minimum atomic E-state index is -0.655. The summed E-state index contributed by atoms with van der Waals surface area (Å²) >= 11 is 5.68. The normalized spacial score (nSPS) is 10.3. The van der Waals surface area contributed by atoms with Gasteiger partial charge < -0.3 is 15.1 Å². The number of H-pyrrole nitrogens is 1. The summed E-state index contributed by atoms with van der Waals surface area (Å²) in [6.45, 7) is 0. The van der Waals surface area contributed by atoms with Crippen molar-refractivity contribution in [3.05, 3.63) is 44.1 Å². The molecule has 8 nitrogen and oxygen atoms in total. The minimum Gasteiger partial charge on any atom is -0.358 e. The van der Waals surface area contributed by atoms with Gasteiger partial charge in [-0.3, -0.25) is 4.79 Å². The number of aromatic nitrogens is 4. The minimum absolute atomic E-state index is 0.0403. The first-order chi connectivity index (χ1) is 7.59. The van der Waals surface area contributed by atoms with Crippen LogP contribution in [0.3, 0.4) is 0 Å². The van der Waals surface area contributed by atoms with Gasteiger partial charge in [-0.1, -0.05) is 11.6 Å². The Bertz CT molecular complexity index is 604. The van der Waals surface area contributed by atoms with Crippen molar-refractivity contribution in [2.75, 3.05) is 0 Å². The van der Waals surface area contributed by atoms with E-state index in [-0.39, 0.29) is 16.7 Å². The van der Waals surface area contributed by atoms with Gasteiger partial charge in [-0.25, -0.2) is 4.98 Å². The molecule has 0 fully saturated rings. The molecule has 0 aliphatic rings. The van der Waals surface area contributed by atoms with Gasteiger partial charge in [-0.15, -0.1) is 4.68 Å². The Morgan fingerprint density at radius 2 is 2.31 bits per heavy atom. The molecule has 2 aromatic heterocycles. The molecular formula is C7H4ClN5O3. The Kier molecular flexibility index (Phi) is 2.41. The molecule has 0 bridgehead atoms. The summed E-state index contributed by atoms with van der Waals surface area (Å²) < 4.78 is 1.07. The zero-order chi connectivity index (χ0) is 11.7. The van der Waals surface area contributed by atoms with Crippen molar-refractivity contribution in [3.8, 4) is 5.82 Å². The molecule has 0 amide bonds. The Morgan fingerprint density at radius 3 is 2.94 bits per heavy atom. The third kappa shape index (κ3) is 1.65. The third-order valence-corrected chi connectivity index (χ3v) is 2.10. The van der Waals surface area contributed by atoms with E-state index in [1.54, 1.807) is 0 Å². The van der Waals surface area contributed by atoms with Crippen LogP contribution in [0, 0.1) is 10.1 Å². The maximum Gasteiger partial charge on any atom is 0.390 e. The van der Waals surface area contributed by atoms with Gasteiger partial charge in [0.15, 0.2) is 5.02 Å². The van der Waals surface area contributed by atoms with E-state index in [1.165, 1.54) is 12.3 Å². The maximum atomic E-state index is 11.2. The van der Waals surface area contributed by atoms with Crippen molar-refractivity contribution < 1.29 is 4.92 Å². The van der Waals surface area contributed by atoms with Crippen molar-refractivity contribution >= 4 is 17.4 Å². The maximum absolute atomic E-state index is 11.2. The molecule has 2 heterocycles. The zero-order valence-electron chi connectivity index (χ0n) is 7.62. The molecule has 0 radical (unpaired) electrons. The zero-order valence-corrected chi connectivity index (χ0v) is 8.38. The standard InChI is InChI=1S/C7H4ClN5O3/c8-5-6(9-3-10-7(5)14)12-2-1-4(11-12)13(15)16/h1-3H,(H,9,10,14). The Balaban J connectivity index is 2.55. The summed E-state index contributed by atoms with van der Waals surface area (Å²) in [7, 11) is 0. The van der Waals surface area contributed by atoms with Gasteiger partial charge in [0.05, 0.1) is 23.7 Å². The van der Waals surface area contributed by atoms with Crippen LogP contribution in [0.15, 0.2) is 23.4 Å². The lowest BCUT2D eigenvalue weighted by Crippen LogP contribution is -2.12. The first kappa shape index (κ1) is 10.3. The fourth-order valence-electron chi connectivity index (χ4n) is 1.06. The molecule has 0 saturated carbocycles. The molecule has 16 heavy (non-hydrogen) atoms. The molecule has 0 aromatic carbocycles. The van der Waals surface area contributed by atoms with Gasteiger partial charge in [0.2, 0.25) is 5.82 Å². The highest BCUT2D eigenvalue weighted by Gasteiger charge is 2.16. The molecule has 2 rings (SSSR count). The van der Waals surface area contributed by atoms with E-state index in [1.807, 2.05) is 0 Å². The van der Waals surface area contributed by atoms with Crippen LogP contribution in [0.2, 0.25) is 5.02 Å². The van der Waals surface area contributed by atoms with Gasteiger partial charge in [-0.05, 0) is 4.92 Å². The van der Waals surface area contributed by atoms with Gasteiger partial charge in [0, 0.05) is 0 Å². The van der Waals surface area contributed by atoms with E-state index in [4.69, 9.17) is 11.6 Å². The fraction of sp³-hybridized carbons (Fsp3) is 0. The van der Waals surface area contributed by atoms with Crippen molar-refractivity contribution in [1.29, 1.82) is 0 Å². The van der Waals surface area contributed by atoms with E-state index in [0.717, 1.165) is 11.0 Å². The van der Waals surface area contributed by atoms with E-state index in [0.29, 0.717) is 0 Å². The number of nitro groups is 1. The highest BCUT2D eigenvalue weighted by molar-refractivity contribution is 6.31. The van der Waals surface area contributed by atoms with Crippen LogP contribution in [0.25, 0.3) is 5.82 Å². The van der Waals surface area contributed by atoms with E-state index in [2.05, 4.69) is 15.1 Å². The summed E-state index contributed by atoms with van der Waals surface area (Å²) in [5.74, 6) is -0.309. The van der Waals surface area contributed by atoms with Gasteiger partial charge >= 0.3 is 5.82 Å². The number of rotatable bonds is 2. The van der Waals surface area contributed by atoms with Gasteiger partial charge in [0.1, 0.15) is 0 Å². The topological polar surface area (TPSA) is 107 Å². The monoisotopic (exact) mass is 241 g/mol. The molecule has 0 spiro atoms. The third-order valence-electron chi connectivity index (χ3n) is 1.76. The predicted molar refractivity (Wildman–Crippen MR) is 53.6 cm³/mol. The summed E-state index contributed by atoms with van der Waals surface area (Å²) in [6, 6.07) is 1.18. The summed E-state index contributed by atoms with van der Waals surface area (Å²) in [6.07, 6.45) is 2.43. The Morgan fingerprint density at radius 1 is 1.56 bits per heavy atom. The number of halogens is 1. The lowest BCUT2D eigenvalue weighted by molar-refractivity contribution is -0.389. The molecule has 82 valence electrons. The summed E-state index contributed by atoms with van der Waals surface area (Å²) in [4.78, 5) is 26.9. The van der Waals surface area contributed by atoms with Crippen LogP contribution in [0.5, 0.6) is 0 Å². The fourth-order valence-corrected chi connectivity index (χ4v) is 1.25. The second kappa shape index (κ2) is 3.74. The molecular weight excluding hydrogens is 238 g/mol. The quantitative estimate of drug-likeness (QED) is 0.609. The average molecular weight is 242 g/mol. The van der Waals surface area contributed by atoms with Crippen molar-refractivity contribution in [1.82, 2.24) is 19.7 Å². The number of aromatic amines is 1. The van der Waals surface area contributed by atoms with Crippen LogP contribution in [-0.2, 0) is 0 Å². The molecule has 0 aliphatic heterocycles. The van der Waals surface area contributed by atoms with Crippen molar-refractivity contribution in [3.63, 3.8) is 0 Å². The highest BCUT2D eigenvalue weighted by Crippen LogP contribution is 2.14. The number of hydrogen-bond acceptors (Lipinski definition) is 5. The molecule has 9 heteroatoms. The van der Waals surface area contributed by atoms with Crippen molar-refractivity contribution in [2.45, 2.75) is 0 Å². The van der Waals surface area contributed by atoms with E-state index in [9.17, 15) is 14.9 Å². The Hall–Kier alpha value is -2.22. The molecule has 0 saturated heterocycles. The Labute approximate surface area is 92.7 Å².